The number of anilines is 1. The van der Waals surface area contributed by atoms with Crippen LogP contribution in [0, 0.1) is 0 Å². The molecule has 2 rings (SSSR count). The van der Waals surface area contributed by atoms with E-state index in [1.807, 2.05) is 0 Å². The predicted octanol–water partition coefficient (Wildman–Crippen LogP) is 3.74. The molecule has 1 aliphatic rings. The number of carbonyl (C=O) groups is 1. The molecule has 1 heterocycles. The van der Waals surface area contributed by atoms with E-state index >= 15 is 0 Å². The predicted molar refractivity (Wildman–Crippen MR) is 120 cm³/mol. The molecule has 1 amide bonds. The van der Waals surface area contributed by atoms with Gasteiger partial charge < -0.3 is 9.53 Å². The molecule has 0 aliphatic carbocycles. The lowest BCUT2D eigenvalue weighted by Gasteiger charge is -2.43. The normalized spacial score (nSPS) is 20.0. The van der Waals surface area contributed by atoms with Gasteiger partial charge in [0.15, 0.2) is 5.60 Å². The van der Waals surface area contributed by atoms with Crippen molar-refractivity contribution in [2.24, 2.45) is 0 Å². The minimum absolute atomic E-state index is 0.0614. The van der Waals surface area contributed by atoms with Gasteiger partial charge in [-0.3, -0.25) is 13.9 Å². The number of fused-ring (bicyclic) bond motifs is 1. The van der Waals surface area contributed by atoms with E-state index in [1.54, 1.807) is 24.3 Å². The van der Waals surface area contributed by atoms with Gasteiger partial charge in [-0.1, -0.05) is 59.7 Å². The molecule has 0 aromatic heterocycles. The van der Waals surface area contributed by atoms with Gasteiger partial charge in [0, 0.05) is 12.0 Å². The fraction of sp³-hybridized carbons (Fsp3) is 0.667. The lowest BCUT2D eigenvalue weighted by atomic mass is 9.92. The van der Waals surface area contributed by atoms with Crippen LogP contribution in [0.2, 0.25) is 16.6 Å². The molecule has 1 aromatic carbocycles. The van der Waals surface area contributed by atoms with E-state index in [-0.39, 0.29) is 19.8 Å². The average Bonchev–Trinajstić information content (AvgIpc) is 2.82. The Morgan fingerprint density at radius 3 is 2.10 bits per heavy atom. The summed E-state index contributed by atoms with van der Waals surface area (Å²) >= 11 is 0. The van der Waals surface area contributed by atoms with E-state index in [4.69, 9.17) is 8.61 Å². The topological polar surface area (TPSA) is 93.1 Å². The minimum atomic E-state index is -3.66. The first kappa shape index (κ1) is 25.0. The number of rotatable bonds is 10. The summed E-state index contributed by atoms with van der Waals surface area (Å²) in [6.45, 7) is 12.8. The van der Waals surface area contributed by atoms with Crippen molar-refractivity contribution >= 4 is 30.0 Å². The number of para-hydroxylation sites is 1. The van der Waals surface area contributed by atoms with E-state index in [0.717, 1.165) is 6.26 Å². The highest BCUT2D eigenvalue weighted by Gasteiger charge is 2.51. The second-order valence-corrected chi connectivity index (χ2v) is 16.1. The van der Waals surface area contributed by atoms with Gasteiger partial charge in [0.2, 0.25) is 8.32 Å². The summed E-state index contributed by atoms with van der Waals surface area (Å²) in [6.07, 6.45) is 0.781. The van der Waals surface area contributed by atoms with Crippen molar-refractivity contribution in [1.82, 2.24) is 0 Å². The van der Waals surface area contributed by atoms with E-state index in [9.17, 15) is 18.3 Å². The maximum absolute atomic E-state index is 13.3. The summed E-state index contributed by atoms with van der Waals surface area (Å²) in [5.74, 6) is -0.514. The molecule has 0 fully saturated rings. The molecular formula is C21H35NO6SSi. The monoisotopic (exact) mass is 457 g/mol. The van der Waals surface area contributed by atoms with Crippen molar-refractivity contribution in [3.8, 4) is 0 Å². The fourth-order valence-corrected chi connectivity index (χ4v) is 10.6. The summed E-state index contributed by atoms with van der Waals surface area (Å²) < 4.78 is 33.9. The van der Waals surface area contributed by atoms with E-state index in [0.29, 0.717) is 27.9 Å². The molecule has 9 heteroatoms. The van der Waals surface area contributed by atoms with Gasteiger partial charge in [-0.25, -0.2) is 0 Å². The van der Waals surface area contributed by atoms with Crippen molar-refractivity contribution in [2.45, 2.75) is 70.2 Å². The molecule has 170 valence electrons. The highest BCUT2D eigenvalue weighted by Crippen LogP contribution is 2.45. The Bertz CT molecular complexity index is 848. The highest BCUT2D eigenvalue weighted by atomic mass is 32.2. The zero-order valence-electron chi connectivity index (χ0n) is 19.0. The highest BCUT2D eigenvalue weighted by molar-refractivity contribution is 7.85. The fourth-order valence-electron chi connectivity index (χ4n) is 4.89. The quantitative estimate of drug-likeness (QED) is 0.425. The van der Waals surface area contributed by atoms with Gasteiger partial charge in [0.25, 0.3) is 16.0 Å². The van der Waals surface area contributed by atoms with E-state index in [2.05, 4.69) is 41.5 Å². The molecule has 0 bridgehead atoms. The van der Waals surface area contributed by atoms with Gasteiger partial charge in [-0.2, -0.15) is 8.42 Å². The van der Waals surface area contributed by atoms with Crippen LogP contribution in [-0.2, 0) is 29.1 Å². The molecule has 1 aliphatic heterocycles. The van der Waals surface area contributed by atoms with Gasteiger partial charge in [-0.05, 0) is 22.7 Å². The Labute approximate surface area is 181 Å². The molecule has 0 radical (unpaired) electrons. The Balaban J connectivity index is 2.33. The standard InChI is InChI=1S/C21H35NO6SSi/c1-15(2)30(16(3)4,17(5)6)28-14-22-19-11-9-8-10-18(19)21(24,20(22)23)12-13-27-29(7,25)26/h8-11,15-17,24H,12-14H2,1-7H3/t21-/m1/s1. The number of benzene rings is 1. The smallest absolute Gasteiger partial charge is 0.265 e. The van der Waals surface area contributed by atoms with Crippen LogP contribution in [-0.4, -0.2) is 47.3 Å². The van der Waals surface area contributed by atoms with Gasteiger partial charge in [0.1, 0.15) is 6.73 Å². The molecule has 7 nitrogen and oxygen atoms in total. The summed E-state index contributed by atoms with van der Waals surface area (Å²) in [6, 6.07) is 7.01. The first-order chi connectivity index (χ1) is 13.8. The Morgan fingerprint density at radius 1 is 1.07 bits per heavy atom. The number of nitrogens with zero attached hydrogens (tertiary/aromatic N) is 1. The molecule has 0 spiro atoms. The first-order valence-corrected chi connectivity index (χ1v) is 14.3. The van der Waals surface area contributed by atoms with Crippen LogP contribution in [0.3, 0.4) is 0 Å². The number of hydrogen-bond acceptors (Lipinski definition) is 6. The third-order valence-corrected chi connectivity index (χ3v) is 12.8. The Hall–Kier alpha value is -1.26. The van der Waals surface area contributed by atoms with Crippen LogP contribution in [0.1, 0.15) is 53.5 Å². The zero-order chi connectivity index (χ0) is 22.9. The Kier molecular flexibility index (Phi) is 7.56. The number of carbonyl (C=O) groups excluding carboxylic acids is 1. The van der Waals surface area contributed by atoms with Gasteiger partial charge in [-0.15, -0.1) is 0 Å². The molecule has 0 unspecified atom stereocenters. The van der Waals surface area contributed by atoms with Crippen LogP contribution in [0.15, 0.2) is 24.3 Å². The van der Waals surface area contributed by atoms with Crippen molar-refractivity contribution in [3.63, 3.8) is 0 Å². The molecule has 0 saturated heterocycles. The molecule has 1 atom stereocenters. The van der Waals surface area contributed by atoms with Gasteiger partial charge in [0.05, 0.1) is 18.6 Å². The molecule has 30 heavy (non-hydrogen) atoms. The van der Waals surface area contributed by atoms with Crippen molar-refractivity contribution < 1.29 is 26.9 Å². The third-order valence-electron chi connectivity index (χ3n) is 6.15. The lowest BCUT2D eigenvalue weighted by Crippen LogP contribution is -2.51. The van der Waals surface area contributed by atoms with Crippen molar-refractivity contribution in [3.05, 3.63) is 29.8 Å². The lowest BCUT2D eigenvalue weighted by molar-refractivity contribution is -0.138. The second kappa shape index (κ2) is 9.08. The first-order valence-electron chi connectivity index (χ1n) is 10.4. The van der Waals surface area contributed by atoms with Crippen LogP contribution >= 0.6 is 0 Å². The Morgan fingerprint density at radius 2 is 1.60 bits per heavy atom. The molecule has 1 aromatic rings. The maximum atomic E-state index is 13.3. The maximum Gasteiger partial charge on any atom is 0.265 e. The van der Waals surface area contributed by atoms with Crippen LogP contribution in [0.4, 0.5) is 5.69 Å². The number of amides is 1. The minimum Gasteiger partial charge on any atom is -0.398 e. The van der Waals surface area contributed by atoms with E-state index in [1.165, 1.54) is 4.90 Å². The SMILES string of the molecule is CC(C)[Si](OCN1C(=O)[C@@](O)(CCOS(C)(=O)=O)c2ccccc21)(C(C)C)C(C)C. The van der Waals surface area contributed by atoms with Crippen LogP contribution in [0.25, 0.3) is 0 Å². The van der Waals surface area contributed by atoms with Crippen LogP contribution in [0.5, 0.6) is 0 Å². The molecule has 0 saturated carbocycles. The third kappa shape index (κ3) is 4.65. The van der Waals surface area contributed by atoms with Crippen molar-refractivity contribution in [1.29, 1.82) is 0 Å². The van der Waals surface area contributed by atoms with E-state index < -0.39 is 29.9 Å². The number of aliphatic hydroxyl groups is 1. The largest absolute Gasteiger partial charge is 0.398 e. The molecular weight excluding hydrogens is 422 g/mol. The summed E-state index contributed by atoms with van der Waals surface area (Å²) in [7, 11) is -5.89. The summed E-state index contributed by atoms with van der Waals surface area (Å²) in [4.78, 5) is 14.7. The molecule has 1 N–H and O–H groups in total. The van der Waals surface area contributed by atoms with Crippen molar-refractivity contribution in [2.75, 3.05) is 24.5 Å². The van der Waals surface area contributed by atoms with Gasteiger partial charge >= 0.3 is 0 Å². The zero-order valence-corrected chi connectivity index (χ0v) is 20.8. The summed E-state index contributed by atoms with van der Waals surface area (Å²) in [5.41, 5.74) is 0.250. The summed E-state index contributed by atoms with van der Waals surface area (Å²) in [5, 5.41) is 11.2. The number of hydrogen-bond donors (Lipinski definition) is 1. The average molecular weight is 458 g/mol. The second-order valence-electron chi connectivity index (χ2n) is 8.98. The van der Waals surface area contributed by atoms with Crippen LogP contribution < -0.4 is 4.90 Å².